The van der Waals surface area contributed by atoms with Gasteiger partial charge in [0.25, 0.3) is 5.69 Å². The van der Waals surface area contributed by atoms with E-state index in [1.807, 2.05) is 84.9 Å². The number of imidazole rings is 1. The Balaban J connectivity index is 1.46. The van der Waals surface area contributed by atoms with Gasteiger partial charge in [0.2, 0.25) is 0 Å². The molecule has 0 saturated carbocycles. The van der Waals surface area contributed by atoms with Gasteiger partial charge in [0.15, 0.2) is 0 Å². The highest BCUT2D eigenvalue weighted by Gasteiger charge is 2.22. The van der Waals surface area contributed by atoms with E-state index in [1.54, 1.807) is 12.1 Å². The van der Waals surface area contributed by atoms with Crippen molar-refractivity contribution in [3.63, 3.8) is 0 Å². The summed E-state index contributed by atoms with van der Waals surface area (Å²) in [5.41, 5.74) is 7.87. The largest absolute Gasteiger partial charge is 0.292 e. The van der Waals surface area contributed by atoms with Crippen molar-refractivity contribution in [3.05, 3.63) is 160 Å². The van der Waals surface area contributed by atoms with E-state index in [-0.39, 0.29) is 5.69 Å². The zero-order valence-electron chi connectivity index (χ0n) is 21.9. The topological polar surface area (TPSA) is 61.0 Å². The molecule has 5 nitrogen and oxygen atoms in total. The van der Waals surface area contributed by atoms with Crippen molar-refractivity contribution in [2.75, 3.05) is 0 Å². The molecule has 5 aromatic carbocycles. The van der Waals surface area contributed by atoms with Gasteiger partial charge in [-0.2, -0.15) is 0 Å². The van der Waals surface area contributed by atoms with E-state index in [0.717, 1.165) is 50.7 Å². The van der Waals surface area contributed by atoms with Gasteiger partial charge in [-0.05, 0) is 47.5 Å². The van der Waals surface area contributed by atoms with Crippen LogP contribution in [0.2, 0.25) is 5.02 Å². The number of nitrogens with zero attached hydrogens (tertiary/aromatic N) is 3. The summed E-state index contributed by atoms with van der Waals surface area (Å²) in [5.74, 6) is 0.816. The van der Waals surface area contributed by atoms with Crippen LogP contribution in [0.4, 0.5) is 5.69 Å². The molecular formula is C35H24ClN3O2. The molecule has 0 aliphatic heterocycles. The molecular weight excluding hydrogens is 530 g/mol. The molecule has 6 heteroatoms. The Hall–Kier alpha value is -5.26. The van der Waals surface area contributed by atoms with E-state index in [1.165, 1.54) is 12.1 Å². The van der Waals surface area contributed by atoms with E-state index >= 15 is 0 Å². The summed E-state index contributed by atoms with van der Waals surface area (Å²) >= 11 is 6.27. The number of halogens is 1. The lowest BCUT2D eigenvalue weighted by atomic mass is 10.0. The zero-order chi connectivity index (χ0) is 28.2. The molecule has 0 radical (unpaired) electrons. The monoisotopic (exact) mass is 553 g/mol. The summed E-state index contributed by atoms with van der Waals surface area (Å²) in [4.78, 5) is 15.8. The number of hydrogen-bond acceptors (Lipinski definition) is 3. The van der Waals surface area contributed by atoms with Gasteiger partial charge in [-0.3, -0.25) is 14.7 Å². The molecule has 0 spiro atoms. The maximum absolute atomic E-state index is 10.9. The predicted molar refractivity (Wildman–Crippen MR) is 167 cm³/mol. The van der Waals surface area contributed by atoms with E-state index in [9.17, 15) is 10.1 Å². The van der Waals surface area contributed by atoms with Crippen molar-refractivity contribution >= 4 is 29.4 Å². The summed E-state index contributed by atoms with van der Waals surface area (Å²) < 4.78 is 2.19. The first-order valence-electron chi connectivity index (χ1n) is 13.1. The van der Waals surface area contributed by atoms with E-state index < -0.39 is 4.92 Å². The lowest BCUT2D eigenvalue weighted by Gasteiger charge is -2.14. The minimum absolute atomic E-state index is 0.0763. The fraction of sp³-hybridized carbons (Fsp3) is 0. The number of non-ortho nitro benzene ring substituents is 1. The average Bonchev–Trinajstić information content (AvgIpc) is 3.42. The van der Waals surface area contributed by atoms with Crippen LogP contribution in [-0.4, -0.2) is 14.5 Å². The second-order valence-electron chi connectivity index (χ2n) is 9.48. The molecule has 0 unspecified atom stereocenters. The molecule has 0 fully saturated rings. The van der Waals surface area contributed by atoms with Gasteiger partial charge in [0.05, 0.1) is 16.3 Å². The second-order valence-corrected chi connectivity index (χ2v) is 9.92. The molecule has 0 bridgehead atoms. The third-order valence-electron chi connectivity index (χ3n) is 6.80. The maximum Gasteiger partial charge on any atom is 0.269 e. The predicted octanol–water partition coefficient (Wildman–Crippen LogP) is 9.61. The lowest BCUT2D eigenvalue weighted by molar-refractivity contribution is -0.384. The van der Waals surface area contributed by atoms with E-state index in [2.05, 4.69) is 41.0 Å². The minimum Gasteiger partial charge on any atom is -0.292 e. The van der Waals surface area contributed by atoms with Crippen LogP contribution < -0.4 is 0 Å². The molecule has 1 heterocycles. The molecule has 41 heavy (non-hydrogen) atoms. The minimum atomic E-state index is -0.396. The Morgan fingerprint density at radius 3 is 1.73 bits per heavy atom. The third kappa shape index (κ3) is 5.57. The van der Waals surface area contributed by atoms with E-state index in [0.29, 0.717) is 5.02 Å². The Kier molecular flexibility index (Phi) is 7.27. The fourth-order valence-corrected chi connectivity index (χ4v) is 4.88. The summed E-state index contributed by atoms with van der Waals surface area (Å²) in [6, 6.07) is 43.0. The first-order valence-corrected chi connectivity index (χ1v) is 13.5. The summed E-state index contributed by atoms with van der Waals surface area (Å²) in [7, 11) is 0. The van der Waals surface area contributed by atoms with Crippen molar-refractivity contribution in [1.82, 2.24) is 9.55 Å². The normalized spacial score (nSPS) is 11.1. The van der Waals surface area contributed by atoms with Crippen LogP contribution in [0.15, 0.2) is 133 Å². The molecule has 6 aromatic rings. The van der Waals surface area contributed by atoms with Gasteiger partial charge < -0.3 is 0 Å². The Morgan fingerprint density at radius 2 is 1.17 bits per heavy atom. The van der Waals surface area contributed by atoms with Gasteiger partial charge in [-0.1, -0.05) is 109 Å². The van der Waals surface area contributed by atoms with Gasteiger partial charge in [-0.15, -0.1) is 0 Å². The lowest BCUT2D eigenvalue weighted by Crippen LogP contribution is -2.00. The first-order chi connectivity index (χ1) is 20.1. The highest BCUT2D eigenvalue weighted by molar-refractivity contribution is 6.30. The van der Waals surface area contributed by atoms with Crippen molar-refractivity contribution in [3.8, 4) is 39.6 Å². The number of rotatable bonds is 7. The van der Waals surface area contributed by atoms with Crippen molar-refractivity contribution in [1.29, 1.82) is 0 Å². The van der Waals surface area contributed by atoms with Gasteiger partial charge in [0, 0.05) is 39.5 Å². The number of aromatic nitrogens is 2. The summed E-state index contributed by atoms with van der Waals surface area (Å²) in [5, 5.41) is 11.6. The number of hydrogen-bond donors (Lipinski definition) is 0. The standard InChI is InChI=1S/C35H24ClN3O2/c36-30-19-23-31(24-20-30)38-34(28-9-5-2-6-10-28)33(27-7-3-1-4-8-27)37-35(38)29-17-13-25(14-18-29)11-12-26-15-21-32(22-16-26)39(40)41/h1-24H/b12-11+. The van der Waals surface area contributed by atoms with Crippen LogP contribution in [0.1, 0.15) is 11.1 Å². The number of nitro groups is 1. The van der Waals surface area contributed by atoms with Gasteiger partial charge >= 0.3 is 0 Å². The quantitative estimate of drug-likeness (QED) is 0.112. The summed E-state index contributed by atoms with van der Waals surface area (Å²) in [6.07, 6.45) is 3.93. The van der Waals surface area contributed by atoms with Crippen LogP contribution in [-0.2, 0) is 0 Å². The first kappa shape index (κ1) is 26.0. The zero-order valence-corrected chi connectivity index (χ0v) is 22.6. The van der Waals surface area contributed by atoms with Crippen molar-refractivity contribution in [2.45, 2.75) is 0 Å². The van der Waals surface area contributed by atoms with E-state index in [4.69, 9.17) is 16.6 Å². The maximum atomic E-state index is 10.9. The second kappa shape index (κ2) is 11.5. The summed E-state index contributed by atoms with van der Waals surface area (Å²) in [6.45, 7) is 0. The molecule has 0 aliphatic rings. The van der Waals surface area contributed by atoms with Crippen LogP contribution in [0, 0.1) is 10.1 Å². The smallest absolute Gasteiger partial charge is 0.269 e. The van der Waals surface area contributed by atoms with Crippen LogP contribution >= 0.6 is 11.6 Å². The molecule has 0 amide bonds. The number of benzene rings is 5. The third-order valence-corrected chi connectivity index (χ3v) is 7.05. The van der Waals surface area contributed by atoms with Gasteiger partial charge in [-0.25, -0.2) is 4.98 Å². The Morgan fingerprint density at radius 1 is 0.634 bits per heavy atom. The van der Waals surface area contributed by atoms with Crippen LogP contribution in [0.3, 0.4) is 0 Å². The SMILES string of the molecule is O=[N+]([O-])c1ccc(/C=C/c2ccc(-c3nc(-c4ccccc4)c(-c4ccccc4)n3-c3ccc(Cl)cc3)cc2)cc1. The molecule has 0 saturated heterocycles. The molecule has 1 aromatic heterocycles. The fourth-order valence-electron chi connectivity index (χ4n) is 4.76. The Bertz CT molecular complexity index is 1830. The van der Waals surface area contributed by atoms with Crippen molar-refractivity contribution < 1.29 is 4.92 Å². The van der Waals surface area contributed by atoms with Gasteiger partial charge in [0.1, 0.15) is 5.82 Å². The highest BCUT2D eigenvalue weighted by Crippen LogP contribution is 2.38. The molecule has 0 N–H and O–H groups in total. The Labute approximate surface area is 242 Å². The molecule has 0 atom stereocenters. The number of nitro benzene ring substituents is 1. The van der Waals surface area contributed by atoms with Crippen LogP contribution in [0.5, 0.6) is 0 Å². The molecule has 198 valence electrons. The molecule has 6 rings (SSSR count). The van der Waals surface area contributed by atoms with Crippen LogP contribution in [0.25, 0.3) is 51.7 Å². The molecule has 0 aliphatic carbocycles. The van der Waals surface area contributed by atoms with Crippen molar-refractivity contribution in [2.24, 2.45) is 0 Å². The average molecular weight is 554 g/mol. The highest BCUT2D eigenvalue weighted by atomic mass is 35.5.